The van der Waals surface area contributed by atoms with Crippen LogP contribution in [-0.4, -0.2) is 23.8 Å². The summed E-state index contributed by atoms with van der Waals surface area (Å²) in [5.74, 6) is 0.342. The fraction of sp³-hybridized carbons (Fsp3) is 0.714. The molecule has 0 aromatic carbocycles. The second-order valence-electron chi connectivity index (χ2n) is 2.62. The first-order valence-electron chi connectivity index (χ1n) is 3.76. The number of aliphatic hydroxyl groups is 1. The van der Waals surface area contributed by atoms with Gasteiger partial charge in [-0.2, -0.15) is 5.10 Å². The van der Waals surface area contributed by atoms with Crippen LogP contribution in [0.3, 0.4) is 0 Å². The summed E-state index contributed by atoms with van der Waals surface area (Å²) < 4.78 is 0. The van der Waals surface area contributed by atoms with Crippen LogP contribution in [0.2, 0.25) is 0 Å². The monoisotopic (exact) mass is 156 g/mol. The third kappa shape index (κ3) is 3.72. The van der Waals surface area contributed by atoms with E-state index in [0.717, 1.165) is 0 Å². The molecule has 1 amide bonds. The van der Waals surface area contributed by atoms with Crippen LogP contribution in [0.4, 0.5) is 0 Å². The molecule has 0 atom stereocenters. The quantitative estimate of drug-likeness (QED) is 0.440. The Morgan fingerprint density at radius 3 is 3.00 bits per heavy atom. The molecule has 4 heteroatoms. The second-order valence-corrected chi connectivity index (χ2v) is 2.62. The van der Waals surface area contributed by atoms with Crippen LogP contribution in [0, 0.1) is 5.92 Å². The number of carbonyl (C=O) groups is 1. The molecule has 11 heavy (non-hydrogen) atoms. The molecule has 1 aliphatic carbocycles. The maximum absolute atomic E-state index is 10.7. The molecule has 0 aromatic rings. The molecule has 0 aromatic heterocycles. The molecule has 4 nitrogen and oxygen atoms in total. The van der Waals surface area contributed by atoms with E-state index >= 15 is 0 Å². The van der Waals surface area contributed by atoms with Crippen LogP contribution >= 0.6 is 0 Å². The minimum absolute atomic E-state index is 0.120. The molecule has 0 heterocycles. The topological polar surface area (TPSA) is 61.7 Å². The maximum Gasteiger partial charge on any atom is 0.242 e. The first kappa shape index (κ1) is 8.20. The lowest BCUT2D eigenvalue weighted by Crippen LogP contribution is -2.18. The van der Waals surface area contributed by atoms with Crippen LogP contribution in [0.1, 0.15) is 19.3 Å². The molecule has 0 radical (unpaired) electrons. The summed E-state index contributed by atoms with van der Waals surface area (Å²) >= 11 is 0. The van der Waals surface area contributed by atoms with Crippen LogP contribution < -0.4 is 5.43 Å². The molecule has 0 saturated heterocycles. The van der Waals surface area contributed by atoms with E-state index in [-0.39, 0.29) is 18.9 Å². The highest BCUT2D eigenvalue weighted by molar-refractivity contribution is 5.77. The van der Waals surface area contributed by atoms with Gasteiger partial charge < -0.3 is 5.11 Å². The van der Waals surface area contributed by atoms with E-state index < -0.39 is 0 Å². The van der Waals surface area contributed by atoms with Gasteiger partial charge in [0.25, 0.3) is 0 Å². The summed E-state index contributed by atoms with van der Waals surface area (Å²) in [5.41, 5.74) is 2.33. The molecule has 62 valence electrons. The minimum Gasteiger partial charge on any atom is -0.396 e. The Bertz CT molecular complexity index is 164. The molecule has 0 bridgehead atoms. The number of carbonyl (C=O) groups excluding carboxylic acids is 1. The standard InChI is InChI=1S/C7H12N2O2/c10-4-3-7(11)9-8-5-6-1-2-6/h5-6,10H,1-4H2,(H,9,11)/b8-5+. The first-order valence-corrected chi connectivity index (χ1v) is 3.76. The van der Waals surface area contributed by atoms with Crippen molar-refractivity contribution in [1.82, 2.24) is 5.43 Å². The number of nitrogens with one attached hydrogen (secondary N) is 1. The van der Waals surface area contributed by atoms with Gasteiger partial charge in [0.2, 0.25) is 5.91 Å². The number of hydrazone groups is 1. The van der Waals surface area contributed by atoms with Crippen LogP contribution in [-0.2, 0) is 4.79 Å². The third-order valence-electron chi connectivity index (χ3n) is 1.44. The predicted molar refractivity (Wildman–Crippen MR) is 41.1 cm³/mol. The van der Waals surface area contributed by atoms with Crippen molar-refractivity contribution in [1.29, 1.82) is 0 Å². The Hall–Kier alpha value is -0.900. The van der Waals surface area contributed by atoms with E-state index in [9.17, 15) is 4.79 Å². The molecule has 2 N–H and O–H groups in total. The van der Waals surface area contributed by atoms with Gasteiger partial charge in [0.1, 0.15) is 0 Å². The number of aliphatic hydroxyl groups excluding tert-OH is 1. The van der Waals surface area contributed by atoms with Gasteiger partial charge in [0.15, 0.2) is 0 Å². The highest BCUT2D eigenvalue weighted by Crippen LogP contribution is 2.25. The Balaban J connectivity index is 2.04. The molecule has 1 aliphatic rings. The number of rotatable bonds is 4. The summed E-state index contributed by atoms with van der Waals surface area (Å²) in [7, 11) is 0. The van der Waals surface area contributed by atoms with Crippen LogP contribution in [0.25, 0.3) is 0 Å². The molecule has 1 saturated carbocycles. The van der Waals surface area contributed by atoms with Crippen molar-refractivity contribution in [3.05, 3.63) is 0 Å². The average Bonchev–Trinajstić information content (AvgIpc) is 2.72. The van der Waals surface area contributed by atoms with E-state index in [1.165, 1.54) is 12.8 Å². The Labute approximate surface area is 65.3 Å². The van der Waals surface area contributed by atoms with E-state index in [2.05, 4.69) is 10.5 Å². The maximum atomic E-state index is 10.7. The molecule has 1 rings (SSSR count). The summed E-state index contributed by atoms with van der Waals surface area (Å²) in [6.07, 6.45) is 4.23. The predicted octanol–water partition coefficient (Wildman–Crippen LogP) is -0.119. The van der Waals surface area contributed by atoms with Crippen molar-refractivity contribution in [3.8, 4) is 0 Å². The Morgan fingerprint density at radius 2 is 2.45 bits per heavy atom. The smallest absolute Gasteiger partial charge is 0.242 e. The summed E-state index contributed by atoms with van der Waals surface area (Å²) in [6.45, 7) is -0.120. The fourth-order valence-corrected chi connectivity index (χ4v) is 0.617. The highest BCUT2D eigenvalue weighted by Gasteiger charge is 2.18. The molecule has 0 spiro atoms. The largest absolute Gasteiger partial charge is 0.396 e. The molecule has 1 fully saturated rings. The van der Waals surface area contributed by atoms with Crippen molar-refractivity contribution in [3.63, 3.8) is 0 Å². The molecular formula is C7H12N2O2. The van der Waals surface area contributed by atoms with Crippen molar-refractivity contribution in [2.24, 2.45) is 11.0 Å². The van der Waals surface area contributed by atoms with Crippen LogP contribution in [0.15, 0.2) is 5.10 Å². The number of amides is 1. The van der Waals surface area contributed by atoms with Gasteiger partial charge in [-0.15, -0.1) is 0 Å². The number of hydrogen-bond donors (Lipinski definition) is 2. The minimum atomic E-state index is -0.232. The summed E-state index contributed by atoms with van der Waals surface area (Å²) in [5, 5.41) is 12.1. The van der Waals surface area contributed by atoms with E-state index in [0.29, 0.717) is 5.92 Å². The molecular weight excluding hydrogens is 144 g/mol. The first-order chi connectivity index (χ1) is 5.33. The zero-order valence-corrected chi connectivity index (χ0v) is 6.29. The van der Waals surface area contributed by atoms with E-state index in [1.54, 1.807) is 6.21 Å². The SMILES string of the molecule is O=C(CCO)N/N=C/C1CC1. The zero-order chi connectivity index (χ0) is 8.10. The lowest BCUT2D eigenvalue weighted by Gasteiger charge is -1.94. The van der Waals surface area contributed by atoms with Gasteiger partial charge in [-0.1, -0.05) is 0 Å². The lowest BCUT2D eigenvalue weighted by molar-refractivity contribution is -0.121. The second kappa shape index (κ2) is 4.08. The van der Waals surface area contributed by atoms with Crippen LogP contribution in [0.5, 0.6) is 0 Å². The Morgan fingerprint density at radius 1 is 1.73 bits per heavy atom. The van der Waals surface area contributed by atoms with E-state index in [1.807, 2.05) is 0 Å². The molecule has 0 aliphatic heterocycles. The highest BCUT2D eigenvalue weighted by atomic mass is 16.3. The van der Waals surface area contributed by atoms with Gasteiger partial charge in [0, 0.05) is 6.21 Å². The number of hydrogen-bond acceptors (Lipinski definition) is 3. The Kier molecular flexibility index (Phi) is 3.04. The van der Waals surface area contributed by atoms with Crippen molar-refractivity contribution >= 4 is 12.1 Å². The van der Waals surface area contributed by atoms with Gasteiger partial charge in [-0.25, -0.2) is 5.43 Å². The summed E-state index contributed by atoms with van der Waals surface area (Å²) in [6, 6.07) is 0. The number of nitrogens with zero attached hydrogens (tertiary/aromatic N) is 1. The van der Waals surface area contributed by atoms with Gasteiger partial charge in [-0.3, -0.25) is 4.79 Å². The third-order valence-corrected chi connectivity index (χ3v) is 1.44. The van der Waals surface area contributed by atoms with Gasteiger partial charge in [0.05, 0.1) is 13.0 Å². The zero-order valence-electron chi connectivity index (χ0n) is 6.29. The van der Waals surface area contributed by atoms with Crippen molar-refractivity contribution in [2.75, 3.05) is 6.61 Å². The fourth-order valence-electron chi connectivity index (χ4n) is 0.617. The normalized spacial score (nSPS) is 17.2. The molecule has 0 unspecified atom stereocenters. The van der Waals surface area contributed by atoms with Crippen molar-refractivity contribution < 1.29 is 9.90 Å². The van der Waals surface area contributed by atoms with Crippen molar-refractivity contribution in [2.45, 2.75) is 19.3 Å². The van der Waals surface area contributed by atoms with E-state index in [4.69, 9.17) is 5.11 Å². The lowest BCUT2D eigenvalue weighted by atomic mass is 10.4. The van der Waals surface area contributed by atoms with Gasteiger partial charge in [-0.05, 0) is 18.8 Å². The average molecular weight is 156 g/mol. The summed E-state index contributed by atoms with van der Waals surface area (Å²) in [4.78, 5) is 10.7. The van der Waals surface area contributed by atoms with Gasteiger partial charge >= 0.3 is 0 Å².